The number of rotatable bonds is 9. The molecule has 4 aromatic rings. The average Bonchev–Trinajstić information content (AvgIpc) is 3.21. The Balaban J connectivity index is 1.45. The second-order valence-corrected chi connectivity index (χ2v) is 7.73. The molecule has 0 spiro atoms. The summed E-state index contributed by atoms with van der Waals surface area (Å²) in [6.07, 6.45) is 8.03. The first-order valence-electron chi connectivity index (χ1n) is 10.6. The van der Waals surface area contributed by atoms with Gasteiger partial charge in [-0.3, -0.25) is 9.67 Å². The Labute approximate surface area is 178 Å². The first kappa shape index (κ1) is 20.0. The van der Waals surface area contributed by atoms with Gasteiger partial charge in [0.05, 0.1) is 12.2 Å². The van der Waals surface area contributed by atoms with Crippen LogP contribution in [0.4, 0.5) is 0 Å². The third kappa shape index (κ3) is 5.43. The molecule has 2 heterocycles. The molecule has 0 saturated carbocycles. The minimum absolute atomic E-state index is 0.421. The Kier molecular flexibility index (Phi) is 6.68. The van der Waals surface area contributed by atoms with Crippen molar-refractivity contribution in [3.63, 3.8) is 0 Å². The van der Waals surface area contributed by atoms with E-state index in [4.69, 9.17) is 5.10 Å². The highest BCUT2D eigenvalue weighted by Crippen LogP contribution is 2.22. The first-order valence-corrected chi connectivity index (χ1v) is 10.6. The molecule has 2 aromatic carbocycles. The van der Waals surface area contributed by atoms with E-state index in [-0.39, 0.29) is 0 Å². The molecule has 2 aromatic heterocycles. The molecule has 1 N–H and O–H groups in total. The van der Waals surface area contributed by atoms with E-state index < -0.39 is 0 Å². The topological polar surface area (TPSA) is 42.7 Å². The average molecular weight is 397 g/mol. The lowest BCUT2D eigenvalue weighted by Gasteiger charge is -2.13. The van der Waals surface area contributed by atoms with Crippen molar-refractivity contribution in [2.24, 2.45) is 0 Å². The molecule has 0 aliphatic heterocycles. The summed E-state index contributed by atoms with van der Waals surface area (Å²) in [5.74, 6) is 0. The molecule has 152 valence electrons. The number of aryl methyl sites for hydroxylation is 1. The normalized spacial score (nSPS) is 12.0. The second kappa shape index (κ2) is 9.99. The van der Waals surface area contributed by atoms with Crippen molar-refractivity contribution in [3.05, 3.63) is 108 Å². The Hall–Kier alpha value is -3.24. The summed E-state index contributed by atoms with van der Waals surface area (Å²) in [7, 11) is 0. The zero-order valence-electron chi connectivity index (χ0n) is 17.4. The zero-order chi connectivity index (χ0) is 20.6. The maximum atomic E-state index is 4.88. The van der Waals surface area contributed by atoms with Crippen LogP contribution < -0.4 is 5.32 Å². The SMILES string of the molecule is C[C@@H](CCc1ccccc1)NCc1cn(Cc2ccccc2)nc1-c1cccnc1. The smallest absolute Gasteiger partial charge is 0.0983 e. The van der Waals surface area contributed by atoms with Crippen molar-refractivity contribution in [1.29, 1.82) is 0 Å². The van der Waals surface area contributed by atoms with Crippen LogP contribution in [0.2, 0.25) is 0 Å². The maximum Gasteiger partial charge on any atom is 0.0983 e. The molecule has 30 heavy (non-hydrogen) atoms. The lowest BCUT2D eigenvalue weighted by molar-refractivity contribution is 0.514. The highest BCUT2D eigenvalue weighted by Gasteiger charge is 2.13. The van der Waals surface area contributed by atoms with Gasteiger partial charge in [-0.15, -0.1) is 0 Å². The third-order valence-electron chi connectivity index (χ3n) is 5.31. The van der Waals surface area contributed by atoms with E-state index in [0.717, 1.165) is 37.2 Å². The van der Waals surface area contributed by atoms with Crippen LogP contribution in [0.3, 0.4) is 0 Å². The van der Waals surface area contributed by atoms with Gasteiger partial charge in [-0.2, -0.15) is 5.10 Å². The van der Waals surface area contributed by atoms with Crippen molar-refractivity contribution in [1.82, 2.24) is 20.1 Å². The predicted octanol–water partition coefficient (Wildman–Crippen LogP) is 5.10. The fraction of sp³-hybridized carbons (Fsp3) is 0.231. The Morgan fingerprint density at radius 1 is 0.900 bits per heavy atom. The van der Waals surface area contributed by atoms with Crippen LogP contribution in [0.5, 0.6) is 0 Å². The van der Waals surface area contributed by atoms with E-state index >= 15 is 0 Å². The van der Waals surface area contributed by atoms with Gasteiger partial charge in [0.15, 0.2) is 0 Å². The molecule has 0 amide bonds. The molecule has 0 bridgehead atoms. The molecular weight excluding hydrogens is 368 g/mol. The summed E-state index contributed by atoms with van der Waals surface area (Å²) >= 11 is 0. The van der Waals surface area contributed by atoms with Gasteiger partial charge in [0.1, 0.15) is 0 Å². The number of hydrogen-bond donors (Lipinski definition) is 1. The lowest BCUT2D eigenvalue weighted by Crippen LogP contribution is -2.26. The molecule has 0 aliphatic carbocycles. The van der Waals surface area contributed by atoms with E-state index in [1.807, 2.05) is 23.0 Å². The second-order valence-electron chi connectivity index (χ2n) is 7.73. The summed E-state index contributed by atoms with van der Waals surface area (Å²) in [5, 5.41) is 8.57. The Morgan fingerprint density at radius 3 is 2.33 bits per heavy atom. The van der Waals surface area contributed by atoms with E-state index in [1.165, 1.54) is 16.7 Å². The van der Waals surface area contributed by atoms with Crippen molar-refractivity contribution >= 4 is 0 Å². The highest BCUT2D eigenvalue weighted by atomic mass is 15.3. The monoisotopic (exact) mass is 396 g/mol. The molecule has 0 saturated heterocycles. The number of aromatic nitrogens is 3. The number of pyridine rings is 1. The minimum atomic E-state index is 0.421. The number of nitrogens with zero attached hydrogens (tertiary/aromatic N) is 3. The molecule has 0 unspecified atom stereocenters. The van der Waals surface area contributed by atoms with Crippen LogP contribution >= 0.6 is 0 Å². The fourth-order valence-corrected chi connectivity index (χ4v) is 3.60. The van der Waals surface area contributed by atoms with E-state index in [0.29, 0.717) is 6.04 Å². The summed E-state index contributed by atoms with van der Waals surface area (Å²) in [6, 6.07) is 25.6. The van der Waals surface area contributed by atoms with Crippen LogP contribution in [0.25, 0.3) is 11.3 Å². The van der Waals surface area contributed by atoms with Crippen LogP contribution in [0.1, 0.15) is 30.0 Å². The Morgan fingerprint density at radius 2 is 1.63 bits per heavy atom. The van der Waals surface area contributed by atoms with Gasteiger partial charge in [-0.1, -0.05) is 60.7 Å². The van der Waals surface area contributed by atoms with Crippen molar-refractivity contribution in [2.45, 2.75) is 38.9 Å². The van der Waals surface area contributed by atoms with Gasteiger partial charge in [0.2, 0.25) is 0 Å². The Bertz CT molecular complexity index is 1030. The summed E-state index contributed by atoms with van der Waals surface area (Å²) in [6.45, 7) is 3.80. The van der Waals surface area contributed by atoms with Gasteiger partial charge in [-0.25, -0.2) is 0 Å². The maximum absolute atomic E-state index is 4.88. The molecular formula is C26H28N4. The fourth-order valence-electron chi connectivity index (χ4n) is 3.60. The summed E-state index contributed by atoms with van der Waals surface area (Å²) < 4.78 is 2.03. The van der Waals surface area contributed by atoms with Gasteiger partial charge in [0, 0.05) is 42.3 Å². The van der Waals surface area contributed by atoms with Gasteiger partial charge < -0.3 is 5.32 Å². The molecule has 4 nitrogen and oxygen atoms in total. The summed E-state index contributed by atoms with van der Waals surface area (Å²) in [5.41, 5.74) is 5.89. The highest BCUT2D eigenvalue weighted by molar-refractivity contribution is 5.61. The zero-order valence-corrected chi connectivity index (χ0v) is 17.4. The van der Waals surface area contributed by atoms with Gasteiger partial charge >= 0.3 is 0 Å². The molecule has 0 aliphatic rings. The third-order valence-corrected chi connectivity index (χ3v) is 5.31. The van der Waals surface area contributed by atoms with Crippen LogP contribution in [-0.2, 0) is 19.5 Å². The van der Waals surface area contributed by atoms with E-state index in [2.05, 4.69) is 84.1 Å². The van der Waals surface area contributed by atoms with Crippen molar-refractivity contribution < 1.29 is 0 Å². The summed E-state index contributed by atoms with van der Waals surface area (Å²) in [4.78, 5) is 4.28. The lowest BCUT2D eigenvalue weighted by atomic mass is 10.1. The molecule has 0 fully saturated rings. The number of benzene rings is 2. The molecule has 4 heteroatoms. The molecule has 4 rings (SSSR count). The largest absolute Gasteiger partial charge is 0.310 e. The predicted molar refractivity (Wildman–Crippen MR) is 122 cm³/mol. The van der Waals surface area contributed by atoms with Gasteiger partial charge in [-0.05, 0) is 43.0 Å². The molecule has 0 radical (unpaired) electrons. The number of hydrogen-bond acceptors (Lipinski definition) is 3. The van der Waals surface area contributed by atoms with Crippen LogP contribution in [0, 0.1) is 0 Å². The quantitative estimate of drug-likeness (QED) is 0.428. The first-order chi connectivity index (χ1) is 14.8. The van der Waals surface area contributed by atoms with E-state index in [1.54, 1.807) is 6.20 Å². The van der Waals surface area contributed by atoms with E-state index in [9.17, 15) is 0 Å². The van der Waals surface area contributed by atoms with Gasteiger partial charge in [0.25, 0.3) is 0 Å². The minimum Gasteiger partial charge on any atom is -0.310 e. The van der Waals surface area contributed by atoms with Crippen LogP contribution in [-0.4, -0.2) is 20.8 Å². The standard InChI is InChI=1S/C26H28N4/c1-21(14-15-22-9-4-2-5-10-22)28-18-25-20-30(19-23-11-6-3-7-12-23)29-26(25)24-13-8-16-27-17-24/h2-13,16-17,20-21,28H,14-15,18-19H2,1H3/t21-/m0/s1. The van der Waals surface area contributed by atoms with Crippen molar-refractivity contribution in [2.75, 3.05) is 0 Å². The van der Waals surface area contributed by atoms with Crippen molar-refractivity contribution in [3.8, 4) is 11.3 Å². The molecule has 1 atom stereocenters. The number of nitrogens with one attached hydrogen (secondary N) is 1. The van der Waals surface area contributed by atoms with Crippen LogP contribution in [0.15, 0.2) is 91.4 Å².